The predicted molar refractivity (Wildman–Crippen MR) is 73.6 cm³/mol. The van der Waals surface area contributed by atoms with E-state index in [4.69, 9.17) is 16.9 Å². The highest BCUT2D eigenvalue weighted by atomic mass is 35.5. The number of hydrogen-bond donors (Lipinski definition) is 1. The van der Waals surface area contributed by atoms with Crippen LogP contribution in [0.15, 0.2) is 30.3 Å². The van der Waals surface area contributed by atoms with Crippen LogP contribution in [0.5, 0.6) is 0 Å². The van der Waals surface area contributed by atoms with Gasteiger partial charge in [0.2, 0.25) is 0 Å². The minimum absolute atomic E-state index is 0.681. The number of nitrogens with one attached hydrogen (secondary N) is 1. The zero-order valence-electron chi connectivity index (χ0n) is 10.4. The molecule has 3 nitrogen and oxygen atoms in total. The van der Waals surface area contributed by atoms with E-state index in [0.29, 0.717) is 12.2 Å². The maximum absolute atomic E-state index is 8.97. The number of hydrogen-bond acceptors (Lipinski definition) is 2. The Kier molecular flexibility index (Phi) is 3.59. The molecule has 18 heavy (non-hydrogen) atoms. The summed E-state index contributed by atoms with van der Waals surface area (Å²) in [7, 11) is 1.90. The molecular weight excluding hydrogens is 246 g/mol. The second kappa shape index (κ2) is 5.16. The summed E-state index contributed by atoms with van der Waals surface area (Å²) in [5, 5.41) is 13.0. The van der Waals surface area contributed by atoms with Gasteiger partial charge in [-0.15, -0.1) is 0 Å². The lowest BCUT2D eigenvalue weighted by molar-refractivity contribution is 0.856. The van der Waals surface area contributed by atoms with Crippen molar-refractivity contribution in [1.29, 1.82) is 5.26 Å². The maximum atomic E-state index is 8.97. The van der Waals surface area contributed by atoms with Gasteiger partial charge in [0.25, 0.3) is 0 Å². The summed E-state index contributed by atoms with van der Waals surface area (Å²) in [6.07, 6.45) is 0. The van der Waals surface area contributed by atoms with Crippen LogP contribution >= 0.6 is 11.6 Å². The van der Waals surface area contributed by atoms with Crippen molar-refractivity contribution in [2.45, 2.75) is 13.5 Å². The summed E-state index contributed by atoms with van der Waals surface area (Å²) >= 11 is 5.83. The van der Waals surface area contributed by atoms with Gasteiger partial charge in [-0.25, -0.2) is 0 Å². The van der Waals surface area contributed by atoms with Gasteiger partial charge in [0.15, 0.2) is 0 Å². The van der Waals surface area contributed by atoms with E-state index in [1.165, 1.54) is 0 Å². The van der Waals surface area contributed by atoms with Gasteiger partial charge in [0.1, 0.15) is 11.8 Å². The molecule has 1 heterocycles. The minimum Gasteiger partial charge on any atom is -0.381 e. The van der Waals surface area contributed by atoms with E-state index < -0.39 is 0 Å². The Bertz CT molecular complexity index is 591. The van der Waals surface area contributed by atoms with Crippen LogP contribution in [-0.2, 0) is 13.6 Å². The van der Waals surface area contributed by atoms with E-state index in [1.807, 2.05) is 48.9 Å². The molecule has 0 radical (unpaired) electrons. The second-order valence-corrected chi connectivity index (χ2v) is 4.61. The van der Waals surface area contributed by atoms with E-state index in [-0.39, 0.29) is 0 Å². The molecule has 4 heteroatoms. The number of benzene rings is 1. The Morgan fingerprint density at radius 2 is 2.00 bits per heavy atom. The Morgan fingerprint density at radius 3 is 2.56 bits per heavy atom. The summed E-state index contributed by atoms with van der Waals surface area (Å²) < 4.78 is 1.90. The first-order valence-electron chi connectivity index (χ1n) is 5.66. The lowest BCUT2D eigenvalue weighted by Gasteiger charge is -2.06. The van der Waals surface area contributed by atoms with Crippen LogP contribution < -0.4 is 5.32 Å². The molecule has 0 amide bonds. The molecular formula is C14H14ClN3. The third-order valence-electron chi connectivity index (χ3n) is 3.08. The molecule has 0 unspecified atom stereocenters. The summed E-state index contributed by atoms with van der Waals surface area (Å²) in [6, 6.07) is 11.7. The topological polar surface area (TPSA) is 40.8 Å². The van der Waals surface area contributed by atoms with Gasteiger partial charge in [-0.3, -0.25) is 0 Å². The van der Waals surface area contributed by atoms with Gasteiger partial charge in [0, 0.05) is 30.0 Å². The van der Waals surface area contributed by atoms with Crippen molar-refractivity contribution < 1.29 is 0 Å². The Morgan fingerprint density at radius 1 is 1.33 bits per heavy atom. The summed E-state index contributed by atoms with van der Waals surface area (Å²) in [5.74, 6) is 0. The van der Waals surface area contributed by atoms with E-state index in [0.717, 1.165) is 22.0 Å². The van der Waals surface area contributed by atoms with Gasteiger partial charge < -0.3 is 9.88 Å². The highest BCUT2D eigenvalue weighted by Gasteiger charge is 2.07. The molecule has 0 bridgehead atoms. The molecule has 2 aromatic rings. The molecule has 2 rings (SSSR count). The van der Waals surface area contributed by atoms with Crippen molar-refractivity contribution >= 4 is 17.3 Å². The number of aromatic nitrogens is 1. The molecule has 1 aromatic heterocycles. The number of nitrogens with zero attached hydrogens (tertiary/aromatic N) is 2. The fourth-order valence-electron chi connectivity index (χ4n) is 1.81. The van der Waals surface area contributed by atoms with Crippen molar-refractivity contribution in [3.8, 4) is 6.07 Å². The van der Waals surface area contributed by atoms with Crippen LogP contribution in [0.2, 0.25) is 5.02 Å². The zero-order valence-corrected chi connectivity index (χ0v) is 11.1. The SMILES string of the molecule is Cc1c(CNc2ccc(Cl)cc2)cc(C#N)n1C. The van der Waals surface area contributed by atoms with Crippen molar-refractivity contribution in [1.82, 2.24) is 4.57 Å². The molecule has 0 aliphatic rings. The molecule has 0 saturated heterocycles. The van der Waals surface area contributed by atoms with E-state index in [2.05, 4.69) is 11.4 Å². The van der Waals surface area contributed by atoms with Crippen molar-refractivity contribution in [3.63, 3.8) is 0 Å². The second-order valence-electron chi connectivity index (χ2n) is 4.17. The molecule has 1 aromatic carbocycles. The summed E-state index contributed by atoms with van der Waals surface area (Å²) in [5.41, 5.74) is 3.93. The largest absolute Gasteiger partial charge is 0.381 e. The molecule has 0 spiro atoms. The van der Waals surface area contributed by atoms with Crippen LogP contribution in [0.1, 0.15) is 17.0 Å². The first-order valence-corrected chi connectivity index (χ1v) is 6.04. The van der Waals surface area contributed by atoms with Crippen LogP contribution in [0.3, 0.4) is 0 Å². The first kappa shape index (κ1) is 12.5. The van der Waals surface area contributed by atoms with Crippen LogP contribution in [0.4, 0.5) is 5.69 Å². The quantitative estimate of drug-likeness (QED) is 0.917. The van der Waals surface area contributed by atoms with Gasteiger partial charge in [0.05, 0.1) is 0 Å². The molecule has 0 aliphatic carbocycles. The molecule has 0 atom stereocenters. The summed E-state index contributed by atoms with van der Waals surface area (Å²) in [6.45, 7) is 2.71. The molecule has 0 aliphatic heterocycles. The lowest BCUT2D eigenvalue weighted by atomic mass is 10.2. The van der Waals surface area contributed by atoms with Crippen LogP contribution in [0, 0.1) is 18.3 Å². The minimum atomic E-state index is 0.681. The number of rotatable bonds is 3. The van der Waals surface area contributed by atoms with Crippen molar-refractivity contribution in [2.75, 3.05) is 5.32 Å². The fraction of sp³-hybridized carbons (Fsp3) is 0.214. The van der Waals surface area contributed by atoms with Gasteiger partial charge >= 0.3 is 0 Å². The molecule has 0 saturated carbocycles. The average Bonchev–Trinajstić information content (AvgIpc) is 2.65. The molecule has 0 fully saturated rings. The Balaban J connectivity index is 2.11. The number of anilines is 1. The van der Waals surface area contributed by atoms with Crippen LogP contribution in [-0.4, -0.2) is 4.57 Å². The van der Waals surface area contributed by atoms with Crippen molar-refractivity contribution in [3.05, 3.63) is 52.3 Å². The first-order chi connectivity index (χ1) is 8.61. The highest BCUT2D eigenvalue weighted by Crippen LogP contribution is 2.17. The van der Waals surface area contributed by atoms with Crippen molar-refractivity contribution in [2.24, 2.45) is 7.05 Å². The number of nitriles is 1. The Hall–Kier alpha value is -1.92. The smallest absolute Gasteiger partial charge is 0.120 e. The van der Waals surface area contributed by atoms with Gasteiger partial charge in [-0.1, -0.05) is 11.6 Å². The third-order valence-corrected chi connectivity index (χ3v) is 3.33. The Labute approximate surface area is 112 Å². The summed E-state index contributed by atoms with van der Waals surface area (Å²) in [4.78, 5) is 0. The molecule has 92 valence electrons. The van der Waals surface area contributed by atoms with Gasteiger partial charge in [-0.05, 0) is 42.8 Å². The predicted octanol–water partition coefficient (Wildman–Crippen LogP) is 3.47. The van der Waals surface area contributed by atoms with E-state index >= 15 is 0 Å². The maximum Gasteiger partial charge on any atom is 0.120 e. The van der Waals surface area contributed by atoms with Crippen LogP contribution in [0.25, 0.3) is 0 Å². The number of halogens is 1. The fourth-order valence-corrected chi connectivity index (χ4v) is 1.94. The molecule has 1 N–H and O–H groups in total. The van der Waals surface area contributed by atoms with E-state index in [1.54, 1.807) is 0 Å². The average molecular weight is 260 g/mol. The van der Waals surface area contributed by atoms with E-state index in [9.17, 15) is 0 Å². The lowest BCUT2D eigenvalue weighted by Crippen LogP contribution is -2.01. The normalized spacial score (nSPS) is 10.1. The monoisotopic (exact) mass is 259 g/mol. The highest BCUT2D eigenvalue weighted by molar-refractivity contribution is 6.30. The zero-order chi connectivity index (χ0) is 13.1. The standard InChI is InChI=1S/C14H14ClN3/c1-10-11(7-14(8-16)18(10)2)9-17-13-5-3-12(15)4-6-13/h3-7,17H,9H2,1-2H3. The third kappa shape index (κ3) is 2.49. The van der Waals surface area contributed by atoms with Gasteiger partial charge in [-0.2, -0.15) is 5.26 Å².